The Morgan fingerprint density at radius 1 is 1.07 bits per heavy atom. The van der Waals surface area contributed by atoms with Gasteiger partial charge in [0.15, 0.2) is 6.54 Å². The summed E-state index contributed by atoms with van der Waals surface area (Å²) >= 11 is 1.87. The van der Waals surface area contributed by atoms with Gasteiger partial charge in [0, 0.05) is 23.7 Å². The van der Waals surface area contributed by atoms with Gasteiger partial charge in [-0.2, -0.15) is 11.8 Å². The second kappa shape index (κ2) is 10.4. The Labute approximate surface area is 166 Å². The monoisotopic (exact) mass is 384 g/mol. The molecule has 144 valence electrons. The van der Waals surface area contributed by atoms with Gasteiger partial charge in [-0.25, -0.2) is 0 Å². The van der Waals surface area contributed by atoms with Crippen molar-refractivity contribution in [3.63, 3.8) is 0 Å². The van der Waals surface area contributed by atoms with Crippen LogP contribution >= 0.6 is 11.8 Å². The molecule has 2 aromatic rings. The fourth-order valence-corrected chi connectivity index (χ4v) is 4.14. The Hall–Kier alpha value is -1.98. The second-order valence-corrected chi connectivity index (χ2v) is 8.24. The minimum Gasteiger partial charge on any atom is -0.360 e. The minimum atomic E-state index is 0.175. The Morgan fingerprint density at radius 3 is 2.48 bits per heavy atom. The molecule has 4 nitrogen and oxygen atoms in total. The Bertz CT molecular complexity index is 697. The van der Waals surface area contributed by atoms with Crippen molar-refractivity contribution in [1.29, 1.82) is 0 Å². The van der Waals surface area contributed by atoms with Gasteiger partial charge in [-0.3, -0.25) is 4.79 Å². The highest BCUT2D eigenvalue weighted by Crippen LogP contribution is 2.13. The van der Waals surface area contributed by atoms with E-state index in [0.29, 0.717) is 6.54 Å². The van der Waals surface area contributed by atoms with Crippen molar-refractivity contribution in [2.75, 3.05) is 49.9 Å². The molecule has 1 aliphatic rings. The first-order chi connectivity index (χ1) is 13.2. The first-order valence-corrected chi connectivity index (χ1v) is 10.9. The summed E-state index contributed by atoms with van der Waals surface area (Å²) in [6, 6.07) is 19.2. The molecule has 0 aromatic heterocycles. The van der Waals surface area contributed by atoms with Crippen LogP contribution < -0.4 is 15.1 Å². The van der Waals surface area contributed by atoms with Crippen LogP contribution in [0.1, 0.15) is 11.1 Å². The van der Waals surface area contributed by atoms with Gasteiger partial charge in [-0.15, -0.1) is 0 Å². The number of rotatable bonds is 8. The number of thioether (sulfide) groups is 1. The molecule has 5 heteroatoms. The lowest BCUT2D eigenvalue weighted by Crippen LogP contribution is -3.16. The van der Waals surface area contributed by atoms with Crippen LogP contribution in [0.4, 0.5) is 5.69 Å². The zero-order chi connectivity index (χ0) is 18.9. The number of piperazine rings is 1. The predicted molar refractivity (Wildman–Crippen MR) is 115 cm³/mol. The lowest BCUT2D eigenvalue weighted by molar-refractivity contribution is -0.892. The van der Waals surface area contributed by atoms with E-state index in [1.807, 2.05) is 11.8 Å². The number of nitrogens with zero attached hydrogens (tertiary/aromatic N) is 1. The Morgan fingerprint density at radius 2 is 1.78 bits per heavy atom. The summed E-state index contributed by atoms with van der Waals surface area (Å²) < 4.78 is 0. The molecule has 0 unspecified atom stereocenters. The van der Waals surface area contributed by atoms with Crippen LogP contribution in [0.15, 0.2) is 54.6 Å². The highest BCUT2D eigenvalue weighted by Gasteiger charge is 2.21. The molecule has 2 N–H and O–H groups in total. The third kappa shape index (κ3) is 6.60. The number of anilines is 1. The molecule has 0 atom stereocenters. The fourth-order valence-electron chi connectivity index (χ4n) is 3.32. The molecule has 0 bridgehead atoms. The van der Waals surface area contributed by atoms with E-state index in [-0.39, 0.29) is 5.91 Å². The summed E-state index contributed by atoms with van der Waals surface area (Å²) in [5.41, 5.74) is 3.92. The van der Waals surface area contributed by atoms with E-state index < -0.39 is 0 Å². The van der Waals surface area contributed by atoms with Crippen molar-refractivity contribution >= 4 is 23.4 Å². The lowest BCUT2D eigenvalue weighted by atomic mass is 10.2. The smallest absolute Gasteiger partial charge is 0.275 e. The van der Waals surface area contributed by atoms with Crippen molar-refractivity contribution < 1.29 is 9.69 Å². The van der Waals surface area contributed by atoms with E-state index in [0.717, 1.165) is 44.2 Å². The maximum atomic E-state index is 12.2. The third-order valence-electron chi connectivity index (χ3n) is 4.96. The molecule has 1 heterocycles. The van der Waals surface area contributed by atoms with Crippen molar-refractivity contribution in [3.8, 4) is 0 Å². The van der Waals surface area contributed by atoms with Gasteiger partial charge in [0.05, 0.1) is 26.2 Å². The van der Waals surface area contributed by atoms with E-state index >= 15 is 0 Å². The van der Waals surface area contributed by atoms with E-state index in [2.05, 4.69) is 71.7 Å². The molecule has 0 saturated carbocycles. The standard InChI is InChI=1S/C22H29N3OS/c1-19-7-9-20(10-8-19)18-27-16-11-23-22(26)17-24-12-14-25(15-13-24)21-5-3-2-4-6-21/h2-10H,11-18H2,1H3,(H,23,26)/p+1. The Kier molecular flexibility index (Phi) is 7.60. The van der Waals surface area contributed by atoms with E-state index in [1.165, 1.54) is 21.7 Å². The largest absolute Gasteiger partial charge is 0.360 e. The summed E-state index contributed by atoms with van der Waals surface area (Å²) in [6.45, 7) is 7.51. The molecule has 0 radical (unpaired) electrons. The van der Waals surface area contributed by atoms with Crippen molar-refractivity contribution in [3.05, 3.63) is 65.7 Å². The fraction of sp³-hybridized carbons (Fsp3) is 0.409. The quantitative estimate of drug-likeness (QED) is 0.681. The zero-order valence-corrected chi connectivity index (χ0v) is 16.9. The number of amides is 1. The molecule has 1 fully saturated rings. The maximum Gasteiger partial charge on any atom is 0.275 e. The van der Waals surface area contributed by atoms with Gasteiger partial charge in [0.25, 0.3) is 5.91 Å². The van der Waals surface area contributed by atoms with Gasteiger partial charge < -0.3 is 15.1 Å². The van der Waals surface area contributed by atoms with Crippen LogP contribution in [-0.4, -0.2) is 50.9 Å². The normalized spacial score (nSPS) is 14.9. The summed E-state index contributed by atoms with van der Waals surface area (Å²) in [5, 5.41) is 3.07. The van der Waals surface area contributed by atoms with Gasteiger partial charge in [-0.05, 0) is 24.6 Å². The van der Waals surface area contributed by atoms with Gasteiger partial charge in [-0.1, -0.05) is 48.0 Å². The summed E-state index contributed by atoms with van der Waals surface area (Å²) in [5.74, 6) is 2.13. The molecule has 0 spiro atoms. The van der Waals surface area contributed by atoms with Gasteiger partial charge >= 0.3 is 0 Å². The average Bonchev–Trinajstić information content (AvgIpc) is 2.70. The molecule has 3 rings (SSSR count). The molecule has 2 aromatic carbocycles. The molecular weight excluding hydrogens is 354 g/mol. The molecule has 0 aliphatic carbocycles. The number of aryl methyl sites for hydroxylation is 1. The molecule has 1 amide bonds. The number of carbonyl (C=O) groups is 1. The third-order valence-corrected chi connectivity index (χ3v) is 5.99. The highest BCUT2D eigenvalue weighted by atomic mass is 32.2. The highest BCUT2D eigenvalue weighted by molar-refractivity contribution is 7.98. The van der Waals surface area contributed by atoms with Crippen molar-refractivity contribution in [2.24, 2.45) is 0 Å². The Balaban J connectivity index is 1.27. The second-order valence-electron chi connectivity index (χ2n) is 7.14. The number of hydrogen-bond donors (Lipinski definition) is 2. The number of nitrogens with one attached hydrogen (secondary N) is 2. The number of hydrogen-bond acceptors (Lipinski definition) is 3. The predicted octanol–water partition coefficient (Wildman–Crippen LogP) is 1.75. The van der Waals surface area contributed by atoms with Crippen LogP contribution in [-0.2, 0) is 10.5 Å². The number of quaternary nitrogens is 1. The first kappa shape index (κ1) is 19.8. The summed E-state index contributed by atoms with van der Waals surface area (Å²) in [7, 11) is 0. The van der Waals surface area contributed by atoms with Crippen LogP contribution in [0.3, 0.4) is 0 Å². The lowest BCUT2D eigenvalue weighted by Gasteiger charge is -2.33. The maximum absolute atomic E-state index is 12.2. The van der Waals surface area contributed by atoms with Crippen LogP contribution in [0.25, 0.3) is 0 Å². The molecule has 1 aliphatic heterocycles. The van der Waals surface area contributed by atoms with Crippen LogP contribution in [0.2, 0.25) is 0 Å². The minimum absolute atomic E-state index is 0.175. The SMILES string of the molecule is Cc1ccc(CSCCNC(=O)C[NH+]2CCN(c3ccccc3)CC2)cc1. The average molecular weight is 385 g/mol. The van der Waals surface area contributed by atoms with Gasteiger partial charge in [0.2, 0.25) is 0 Å². The van der Waals surface area contributed by atoms with E-state index in [9.17, 15) is 4.79 Å². The van der Waals surface area contributed by atoms with Crippen molar-refractivity contribution in [2.45, 2.75) is 12.7 Å². The molecule has 1 saturated heterocycles. The van der Waals surface area contributed by atoms with Crippen molar-refractivity contribution in [1.82, 2.24) is 5.32 Å². The topological polar surface area (TPSA) is 36.8 Å². The molecule has 27 heavy (non-hydrogen) atoms. The summed E-state index contributed by atoms with van der Waals surface area (Å²) in [6.07, 6.45) is 0. The van der Waals surface area contributed by atoms with E-state index in [4.69, 9.17) is 0 Å². The van der Waals surface area contributed by atoms with E-state index in [1.54, 1.807) is 0 Å². The van der Waals surface area contributed by atoms with Gasteiger partial charge in [0.1, 0.15) is 0 Å². The summed E-state index contributed by atoms with van der Waals surface area (Å²) in [4.78, 5) is 16.0. The number of carbonyl (C=O) groups excluding carboxylic acids is 1. The zero-order valence-electron chi connectivity index (χ0n) is 16.1. The van der Waals surface area contributed by atoms with Crippen LogP contribution in [0.5, 0.6) is 0 Å². The first-order valence-electron chi connectivity index (χ1n) is 9.74. The number of para-hydroxylation sites is 1. The van der Waals surface area contributed by atoms with Crippen LogP contribution in [0, 0.1) is 6.92 Å². The molecular formula is C22H30N3OS+. The number of benzene rings is 2.